The van der Waals surface area contributed by atoms with Crippen LogP contribution < -0.4 is 10.5 Å². The van der Waals surface area contributed by atoms with Crippen LogP contribution in [0.5, 0.6) is 0 Å². The van der Waals surface area contributed by atoms with Crippen molar-refractivity contribution in [2.24, 2.45) is 0 Å². The molecule has 0 spiro atoms. The molecule has 2 rings (SSSR count). The second-order valence-electron chi connectivity index (χ2n) is 5.40. The molecule has 0 fully saturated rings. The van der Waals surface area contributed by atoms with Gasteiger partial charge in [-0.2, -0.15) is 10.5 Å². The van der Waals surface area contributed by atoms with Gasteiger partial charge in [0, 0.05) is 23.5 Å². The molecule has 1 aromatic rings. The summed E-state index contributed by atoms with van der Waals surface area (Å²) in [5, 5.41) is 32.0. The van der Waals surface area contributed by atoms with Gasteiger partial charge in [-0.1, -0.05) is 12.1 Å². The average Bonchev–Trinajstić information content (AvgIpc) is 2.54. The van der Waals surface area contributed by atoms with Crippen molar-refractivity contribution in [1.29, 1.82) is 5.26 Å². The van der Waals surface area contributed by atoms with Gasteiger partial charge in [0.1, 0.15) is 0 Å². The van der Waals surface area contributed by atoms with Crippen LogP contribution in [0, 0.1) is 16.5 Å². The maximum absolute atomic E-state index is 12.4. The number of quaternary nitrogens is 1. The Morgan fingerprint density at radius 1 is 1.46 bits per heavy atom. The molecule has 0 aliphatic carbocycles. The number of ether oxygens (including phenoxy) is 1. The van der Waals surface area contributed by atoms with E-state index in [1.165, 1.54) is 12.1 Å². The largest absolute Gasteiger partial charge is 0.595 e. The van der Waals surface area contributed by atoms with Gasteiger partial charge in [0.2, 0.25) is 0 Å². The molecule has 1 aliphatic heterocycles. The summed E-state index contributed by atoms with van der Waals surface area (Å²) < 4.78 is 5.12. The zero-order chi connectivity index (χ0) is 17.9. The van der Waals surface area contributed by atoms with Gasteiger partial charge in [0.25, 0.3) is 0 Å². The Kier molecular flexibility index (Phi) is 5.36. The number of benzene rings is 1. The number of hydrogen-bond donors (Lipinski definition) is 3. The summed E-state index contributed by atoms with van der Waals surface area (Å²) in [4.78, 5) is 12.4. The first-order chi connectivity index (χ1) is 11.4. The molecule has 3 N–H and O–H groups in total. The number of nitrogens with zero attached hydrogens (tertiary/aromatic N) is 1. The van der Waals surface area contributed by atoms with Crippen LogP contribution in [-0.2, 0) is 9.53 Å². The predicted octanol–water partition coefficient (Wildman–Crippen LogP) is 1.41. The van der Waals surface area contributed by atoms with Crippen LogP contribution in [-0.4, -0.2) is 17.8 Å². The van der Waals surface area contributed by atoms with Crippen molar-refractivity contribution in [2.45, 2.75) is 26.7 Å². The fourth-order valence-corrected chi connectivity index (χ4v) is 2.81. The van der Waals surface area contributed by atoms with Crippen molar-refractivity contribution < 1.29 is 20.0 Å². The molecule has 7 heteroatoms. The highest BCUT2D eigenvalue weighted by Gasteiger charge is 2.34. The van der Waals surface area contributed by atoms with E-state index in [2.05, 4.69) is 11.4 Å². The zero-order valence-electron chi connectivity index (χ0n) is 13.7. The summed E-state index contributed by atoms with van der Waals surface area (Å²) in [5.74, 6) is -1.18. The Morgan fingerprint density at radius 3 is 2.75 bits per heavy atom. The molecule has 1 aliphatic rings. The molecule has 1 aromatic carbocycles. The molecule has 24 heavy (non-hydrogen) atoms. The normalized spacial score (nSPS) is 18.8. The number of dihydropyridines is 1. The summed E-state index contributed by atoms with van der Waals surface area (Å²) in [7, 11) is 0. The lowest BCUT2D eigenvalue weighted by Crippen LogP contribution is -2.99. The first kappa shape index (κ1) is 17.7. The fourth-order valence-electron chi connectivity index (χ4n) is 2.81. The van der Waals surface area contributed by atoms with Gasteiger partial charge in [0.15, 0.2) is 5.69 Å². The monoisotopic (exact) mass is 329 g/mol. The molecule has 0 saturated heterocycles. The molecule has 7 nitrogen and oxygen atoms in total. The van der Waals surface area contributed by atoms with Gasteiger partial charge in [-0.05, 0) is 26.3 Å². The molecular formula is C17H19N3O4. The number of nitriles is 1. The van der Waals surface area contributed by atoms with Crippen molar-refractivity contribution in [3.63, 3.8) is 0 Å². The Balaban J connectivity index is 2.62. The van der Waals surface area contributed by atoms with E-state index in [1.54, 1.807) is 32.9 Å². The third kappa shape index (κ3) is 3.31. The number of carbonyl (C=O) groups is 1. The number of hydrogen-bond acceptors (Lipinski definition) is 6. The van der Waals surface area contributed by atoms with E-state index in [1.807, 2.05) is 0 Å². The van der Waals surface area contributed by atoms with Crippen LogP contribution in [0.3, 0.4) is 0 Å². The fraction of sp³-hybridized carbons (Fsp3) is 0.294. The van der Waals surface area contributed by atoms with E-state index in [0.717, 1.165) is 0 Å². The molecule has 0 saturated carbocycles. The van der Waals surface area contributed by atoms with E-state index in [9.17, 15) is 20.5 Å². The molecule has 2 unspecified atom stereocenters. The second-order valence-corrected chi connectivity index (χ2v) is 5.40. The molecular weight excluding hydrogens is 310 g/mol. The first-order valence-corrected chi connectivity index (χ1v) is 7.49. The smallest absolute Gasteiger partial charge is 0.336 e. The number of nitrogens with one attached hydrogen (secondary N) is 2. The maximum atomic E-state index is 12.4. The standard InChI is InChI=1S/C17H19N3O4/c1-4-24-17(21)15-11(3)19-10(2)14(9-18)16(15)12-6-5-7-13(8-12)20(22)23/h5-8,16,19-20,22H,4H2,1-3H3. The average molecular weight is 329 g/mol. The summed E-state index contributed by atoms with van der Waals surface area (Å²) in [6, 6.07) is 8.38. The lowest BCUT2D eigenvalue weighted by atomic mass is 9.81. The molecule has 1 heterocycles. The van der Waals surface area contributed by atoms with Crippen LogP contribution in [0.15, 0.2) is 46.8 Å². The Morgan fingerprint density at radius 2 is 2.17 bits per heavy atom. The van der Waals surface area contributed by atoms with Crippen LogP contribution in [0.2, 0.25) is 0 Å². The van der Waals surface area contributed by atoms with Crippen molar-refractivity contribution in [1.82, 2.24) is 5.32 Å². The van der Waals surface area contributed by atoms with Gasteiger partial charge >= 0.3 is 5.97 Å². The highest BCUT2D eigenvalue weighted by atomic mass is 16.8. The summed E-state index contributed by atoms with van der Waals surface area (Å²) in [5.41, 5.74) is 2.58. The lowest BCUT2D eigenvalue weighted by molar-refractivity contribution is -0.991. The molecule has 0 aromatic heterocycles. The van der Waals surface area contributed by atoms with E-state index in [-0.39, 0.29) is 12.3 Å². The molecule has 0 amide bonds. The minimum Gasteiger partial charge on any atom is -0.595 e. The van der Waals surface area contributed by atoms with Crippen LogP contribution in [0.1, 0.15) is 32.3 Å². The third-order valence-electron chi connectivity index (χ3n) is 3.84. The highest BCUT2D eigenvalue weighted by molar-refractivity contribution is 5.93. The van der Waals surface area contributed by atoms with Crippen LogP contribution in [0.25, 0.3) is 0 Å². The van der Waals surface area contributed by atoms with Gasteiger partial charge in [-0.3, -0.25) is 0 Å². The van der Waals surface area contributed by atoms with Crippen LogP contribution in [0.4, 0.5) is 5.69 Å². The van der Waals surface area contributed by atoms with Crippen molar-refractivity contribution >= 4 is 11.7 Å². The SMILES string of the molecule is CCOC(=O)C1=C(C)NC(C)=C(C#N)C1c1cccc([NH+]([O-])O)c1. The van der Waals surface area contributed by atoms with E-state index in [4.69, 9.17) is 4.74 Å². The van der Waals surface area contributed by atoms with Gasteiger partial charge in [-0.15, -0.1) is 0 Å². The lowest BCUT2D eigenvalue weighted by Gasteiger charge is -2.28. The second kappa shape index (κ2) is 7.27. The van der Waals surface area contributed by atoms with Gasteiger partial charge in [-0.25, -0.2) is 10.0 Å². The minimum absolute atomic E-state index is 0.0989. The number of rotatable bonds is 4. The predicted molar refractivity (Wildman–Crippen MR) is 85.7 cm³/mol. The summed E-state index contributed by atoms with van der Waals surface area (Å²) in [6.07, 6.45) is 0. The molecule has 0 bridgehead atoms. The molecule has 0 radical (unpaired) electrons. The number of esters is 1. The Hall–Kier alpha value is -2.66. The first-order valence-electron chi connectivity index (χ1n) is 7.49. The number of carbonyl (C=O) groups excluding carboxylic acids is 1. The Bertz CT molecular complexity index is 759. The topological polar surface area (TPSA) is 110 Å². The summed E-state index contributed by atoms with van der Waals surface area (Å²) >= 11 is 0. The minimum atomic E-state index is -1.07. The van der Waals surface area contributed by atoms with Gasteiger partial charge in [0.05, 0.1) is 29.7 Å². The van der Waals surface area contributed by atoms with E-state index < -0.39 is 17.1 Å². The highest BCUT2D eigenvalue weighted by Crippen LogP contribution is 2.38. The molecule has 2 atom stereocenters. The van der Waals surface area contributed by atoms with Crippen molar-refractivity contribution in [2.75, 3.05) is 6.61 Å². The van der Waals surface area contributed by atoms with Crippen molar-refractivity contribution in [3.8, 4) is 6.07 Å². The Labute approximate surface area is 140 Å². The van der Waals surface area contributed by atoms with Crippen molar-refractivity contribution in [3.05, 3.63) is 57.6 Å². The third-order valence-corrected chi connectivity index (χ3v) is 3.84. The van der Waals surface area contributed by atoms with Gasteiger partial charge < -0.3 is 15.3 Å². The summed E-state index contributed by atoms with van der Waals surface area (Å²) in [6.45, 7) is 5.40. The van der Waals surface area contributed by atoms with Crippen LogP contribution >= 0.6 is 0 Å². The maximum Gasteiger partial charge on any atom is 0.336 e. The van der Waals surface area contributed by atoms with E-state index >= 15 is 0 Å². The number of allylic oxidation sites excluding steroid dienone is 3. The quantitative estimate of drug-likeness (QED) is 0.569. The van der Waals surface area contributed by atoms with E-state index in [0.29, 0.717) is 28.1 Å². The zero-order valence-corrected chi connectivity index (χ0v) is 13.7. The molecule has 126 valence electrons.